The van der Waals surface area contributed by atoms with Gasteiger partial charge in [-0.1, -0.05) is 6.07 Å². The van der Waals surface area contributed by atoms with Gasteiger partial charge in [-0.05, 0) is 24.6 Å². The standard InChI is InChI=1S/C12H9N3OS/c1-7-13-5-11(17-7)8-2-3-9-10(4-8)14-6-15-12(9)16/h2-6H,1H3,(H,14,15,16). The highest BCUT2D eigenvalue weighted by molar-refractivity contribution is 7.15. The molecule has 1 aromatic carbocycles. The number of rotatable bonds is 1. The van der Waals surface area contributed by atoms with Crippen LogP contribution >= 0.6 is 11.3 Å². The first-order valence-electron chi connectivity index (χ1n) is 5.14. The fourth-order valence-electron chi connectivity index (χ4n) is 1.72. The van der Waals surface area contributed by atoms with Crippen molar-refractivity contribution in [1.29, 1.82) is 0 Å². The van der Waals surface area contributed by atoms with E-state index >= 15 is 0 Å². The predicted molar refractivity (Wildman–Crippen MR) is 68.2 cm³/mol. The minimum Gasteiger partial charge on any atom is -0.313 e. The van der Waals surface area contributed by atoms with E-state index in [1.54, 1.807) is 17.4 Å². The van der Waals surface area contributed by atoms with Crippen LogP contribution in [0.3, 0.4) is 0 Å². The Morgan fingerprint density at radius 2 is 2.18 bits per heavy atom. The lowest BCUT2D eigenvalue weighted by Crippen LogP contribution is -2.05. The molecule has 0 amide bonds. The number of nitrogens with one attached hydrogen (secondary N) is 1. The average molecular weight is 243 g/mol. The molecule has 0 aliphatic heterocycles. The normalized spacial score (nSPS) is 10.9. The van der Waals surface area contributed by atoms with Crippen LogP contribution in [0, 0.1) is 6.92 Å². The molecule has 2 heterocycles. The van der Waals surface area contributed by atoms with Gasteiger partial charge in [0.05, 0.1) is 27.1 Å². The SMILES string of the molecule is Cc1ncc(-c2ccc3c(=O)[nH]cnc3c2)s1. The summed E-state index contributed by atoms with van der Waals surface area (Å²) in [7, 11) is 0. The molecule has 0 aliphatic carbocycles. The third kappa shape index (κ3) is 1.74. The van der Waals surface area contributed by atoms with Crippen molar-refractivity contribution >= 4 is 22.2 Å². The van der Waals surface area contributed by atoms with E-state index in [-0.39, 0.29) is 5.56 Å². The number of aromatic amines is 1. The first-order valence-corrected chi connectivity index (χ1v) is 5.96. The number of fused-ring (bicyclic) bond motifs is 1. The maximum absolute atomic E-state index is 11.5. The van der Waals surface area contributed by atoms with Gasteiger partial charge in [0.2, 0.25) is 0 Å². The zero-order valence-electron chi connectivity index (χ0n) is 9.10. The highest BCUT2D eigenvalue weighted by atomic mass is 32.1. The third-order valence-electron chi connectivity index (χ3n) is 2.55. The first-order chi connectivity index (χ1) is 8.24. The summed E-state index contributed by atoms with van der Waals surface area (Å²) < 4.78 is 0. The van der Waals surface area contributed by atoms with Crippen LogP contribution in [0.1, 0.15) is 5.01 Å². The molecule has 2 aromatic heterocycles. The van der Waals surface area contributed by atoms with Crippen molar-refractivity contribution in [2.45, 2.75) is 6.92 Å². The van der Waals surface area contributed by atoms with Crippen molar-refractivity contribution in [2.75, 3.05) is 0 Å². The summed E-state index contributed by atoms with van der Waals surface area (Å²) in [5, 5.41) is 1.64. The van der Waals surface area contributed by atoms with E-state index in [0.29, 0.717) is 10.9 Å². The molecule has 0 bridgehead atoms. The van der Waals surface area contributed by atoms with Gasteiger partial charge in [0, 0.05) is 6.20 Å². The van der Waals surface area contributed by atoms with Gasteiger partial charge in [-0.15, -0.1) is 11.3 Å². The Morgan fingerprint density at radius 3 is 2.94 bits per heavy atom. The number of aromatic nitrogens is 3. The van der Waals surface area contributed by atoms with Gasteiger partial charge in [-0.2, -0.15) is 0 Å². The summed E-state index contributed by atoms with van der Waals surface area (Å²) in [5.41, 5.74) is 1.64. The van der Waals surface area contributed by atoms with Gasteiger partial charge in [-0.25, -0.2) is 9.97 Å². The molecule has 1 N–H and O–H groups in total. The Balaban J connectivity index is 2.24. The van der Waals surface area contributed by atoms with Crippen LogP contribution in [0.4, 0.5) is 0 Å². The topological polar surface area (TPSA) is 58.6 Å². The van der Waals surface area contributed by atoms with Gasteiger partial charge in [0.1, 0.15) is 0 Å². The van der Waals surface area contributed by atoms with E-state index in [9.17, 15) is 4.79 Å². The fourth-order valence-corrected chi connectivity index (χ4v) is 2.49. The molecule has 17 heavy (non-hydrogen) atoms. The number of thiazole rings is 1. The largest absolute Gasteiger partial charge is 0.313 e. The lowest BCUT2D eigenvalue weighted by Gasteiger charge is -1.99. The van der Waals surface area contributed by atoms with Gasteiger partial charge in [-0.3, -0.25) is 4.79 Å². The van der Waals surface area contributed by atoms with Crippen molar-refractivity contribution in [3.05, 3.63) is 46.1 Å². The molecule has 3 rings (SSSR count). The number of H-pyrrole nitrogens is 1. The molecule has 4 nitrogen and oxygen atoms in total. The minimum absolute atomic E-state index is 0.109. The highest BCUT2D eigenvalue weighted by Crippen LogP contribution is 2.27. The van der Waals surface area contributed by atoms with Crippen molar-refractivity contribution in [3.8, 4) is 10.4 Å². The number of hydrogen-bond acceptors (Lipinski definition) is 4. The maximum atomic E-state index is 11.5. The quantitative estimate of drug-likeness (QED) is 0.713. The minimum atomic E-state index is -0.109. The molecule has 0 saturated heterocycles. The van der Waals surface area contributed by atoms with Gasteiger partial charge in [0.15, 0.2) is 0 Å². The van der Waals surface area contributed by atoms with Crippen molar-refractivity contribution in [2.24, 2.45) is 0 Å². The van der Waals surface area contributed by atoms with Crippen LogP contribution in [0.2, 0.25) is 0 Å². The van der Waals surface area contributed by atoms with E-state index in [1.165, 1.54) is 6.33 Å². The molecule has 0 atom stereocenters. The molecular weight excluding hydrogens is 234 g/mol. The van der Waals surface area contributed by atoms with E-state index < -0.39 is 0 Å². The molecule has 3 aromatic rings. The van der Waals surface area contributed by atoms with E-state index in [4.69, 9.17) is 0 Å². The lowest BCUT2D eigenvalue weighted by atomic mass is 10.1. The Morgan fingerprint density at radius 1 is 1.29 bits per heavy atom. The number of nitrogens with zero attached hydrogens (tertiary/aromatic N) is 2. The second-order valence-corrected chi connectivity index (χ2v) is 4.94. The van der Waals surface area contributed by atoms with Gasteiger partial charge in [0.25, 0.3) is 5.56 Å². The highest BCUT2D eigenvalue weighted by Gasteiger charge is 2.05. The average Bonchev–Trinajstić information content (AvgIpc) is 2.76. The monoisotopic (exact) mass is 243 g/mol. The number of aryl methyl sites for hydroxylation is 1. The smallest absolute Gasteiger partial charge is 0.258 e. The number of hydrogen-bond donors (Lipinski definition) is 1. The van der Waals surface area contributed by atoms with Crippen LogP contribution in [0.5, 0.6) is 0 Å². The van der Waals surface area contributed by atoms with Crippen LogP contribution in [0.25, 0.3) is 21.3 Å². The molecule has 0 saturated carbocycles. The Kier molecular flexibility index (Phi) is 2.26. The van der Waals surface area contributed by atoms with E-state index in [2.05, 4.69) is 15.0 Å². The van der Waals surface area contributed by atoms with Gasteiger partial charge < -0.3 is 4.98 Å². The van der Waals surface area contributed by atoms with Crippen LogP contribution in [-0.2, 0) is 0 Å². The first kappa shape index (κ1) is 10.2. The molecule has 0 unspecified atom stereocenters. The number of benzene rings is 1. The Labute approximate surface area is 101 Å². The van der Waals surface area contributed by atoms with Crippen LogP contribution in [0.15, 0.2) is 35.5 Å². The summed E-state index contributed by atoms with van der Waals surface area (Å²) in [6, 6.07) is 5.63. The lowest BCUT2D eigenvalue weighted by molar-refractivity contribution is 1.17. The molecule has 0 spiro atoms. The molecule has 0 fully saturated rings. The fraction of sp³-hybridized carbons (Fsp3) is 0.0833. The molecule has 0 aliphatic rings. The molecule has 84 valence electrons. The third-order valence-corrected chi connectivity index (χ3v) is 3.51. The molecule has 5 heteroatoms. The molecular formula is C12H9N3OS. The second kappa shape index (κ2) is 3.78. The zero-order valence-corrected chi connectivity index (χ0v) is 9.91. The summed E-state index contributed by atoms with van der Waals surface area (Å²) in [5.74, 6) is 0. The summed E-state index contributed by atoms with van der Waals surface area (Å²) in [6.07, 6.45) is 3.26. The predicted octanol–water partition coefficient (Wildman–Crippen LogP) is 2.36. The van der Waals surface area contributed by atoms with E-state index in [1.807, 2.05) is 25.3 Å². The van der Waals surface area contributed by atoms with Crippen molar-refractivity contribution < 1.29 is 0 Å². The van der Waals surface area contributed by atoms with Crippen LogP contribution in [-0.4, -0.2) is 15.0 Å². The summed E-state index contributed by atoms with van der Waals surface area (Å²) >= 11 is 1.63. The molecule has 0 radical (unpaired) electrons. The maximum Gasteiger partial charge on any atom is 0.258 e. The summed E-state index contributed by atoms with van der Waals surface area (Å²) in [6.45, 7) is 1.97. The van der Waals surface area contributed by atoms with E-state index in [0.717, 1.165) is 15.4 Å². The summed E-state index contributed by atoms with van der Waals surface area (Å²) in [4.78, 5) is 23.6. The van der Waals surface area contributed by atoms with Crippen molar-refractivity contribution in [3.63, 3.8) is 0 Å². The second-order valence-electron chi connectivity index (χ2n) is 3.71. The zero-order chi connectivity index (χ0) is 11.8. The Hall–Kier alpha value is -2.01. The van der Waals surface area contributed by atoms with Crippen molar-refractivity contribution in [1.82, 2.24) is 15.0 Å². The van der Waals surface area contributed by atoms with Gasteiger partial charge >= 0.3 is 0 Å². The van der Waals surface area contributed by atoms with Crippen LogP contribution < -0.4 is 5.56 Å². The Bertz CT molecular complexity index is 745.